The van der Waals surface area contributed by atoms with Crippen LogP contribution >= 0.6 is 11.6 Å². The first-order valence-corrected chi connectivity index (χ1v) is 6.04. The highest BCUT2D eigenvalue weighted by Crippen LogP contribution is 2.06. The van der Waals surface area contributed by atoms with Crippen molar-refractivity contribution < 1.29 is 9.21 Å². The highest BCUT2D eigenvalue weighted by Gasteiger charge is 2.13. The van der Waals surface area contributed by atoms with Crippen molar-refractivity contribution in [3.05, 3.63) is 24.2 Å². The average Bonchev–Trinajstić information content (AvgIpc) is 2.78. The van der Waals surface area contributed by atoms with Gasteiger partial charge in [0, 0.05) is 24.8 Å². The van der Waals surface area contributed by atoms with Gasteiger partial charge in [0.2, 0.25) is 5.91 Å². The lowest BCUT2D eigenvalue weighted by Gasteiger charge is -2.18. The maximum Gasteiger partial charge on any atom is 0.220 e. The summed E-state index contributed by atoms with van der Waals surface area (Å²) in [6.07, 6.45) is 2.71. The first-order chi connectivity index (χ1) is 7.63. The second-order valence-electron chi connectivity index (χ2n) is 4.07. The van der Waals surface area contributed by atoms with Gasteiger partial charge < -0.3 is 9.73 Å². The number of hydrogen-bond donors (Lipinski definition) is 1. The number of amides is 1. The molecule has 0 aromatic carbocycles. The zero-order valence-corrected chi connectivity index (χ0v) is 10.5. The molecule has 0 spiro atoms. The van der Waals surface area contributed by atoms with Gasteiger partial charge in [-0.1, -0.05) is 6.92 Å². The summed E-state index contributed by atoms with van der Waals surface area (Å²) in [5.41, 5.74) is 0. The molecule has 0 bridgehead atoms. The summed E-state index contributed by atoms with van der Waals surface area (Å²) in [7, 11) is 0. The Hall–Kier alpha value is -0.960. The molecule has 2 atom stereocenters. The molecule has 1 amide bonds. The van der Waals surface area contributed by atoms with E-state index in [0.29, 0.717) is 18.7 Å². The van der Waals surface area contributed by atoms with E-state index in [0.717, 1.165) is 5.76 Å². The Kier molecular flexibility index (Phi) is 5.39. The third kappa shape index (κ3) is 4.27. The predicted molar refractivity (Wildman–Crippen MR) is 64.5 cm³/mol. The fraction of sp³-hybridized carbons (Fsp3) is 0.583. The smallest absolute Gasteiger partial charge is 0.220 e. The number of aryl methyl sites for hydroxylation is 1. The quantitative estimate of drug-likeness (QED) is 0.781. The summed E-state index contributed by atoms with van der Waals surface area (Å²) in [4.78, 5) is 11.6. The second-order valence-corrected chi connectivity index (χ2v) is 4.38. The van der Waals surface area contributed by atoms with Gasteiger partial charge in [-0.2, -0.15) is 0 Å². The van der Waals surface area contributed by atoms with Crippen molar-refractivity contribution in [3.8, 4) is 0 Å². The van der Waals surface area contributed by atoms with Crippen LogP contribution in [0.5, 0.6) is 0 Å². The van der Waals surface area contributed by atoms with E-state index in [1.54, 1.807) is 6.26 Å². The topological polar surface area (TPSA) is 42.2 Å². The summed E-state index contributed by atoms with van der Waals surface area (Å²) < 4.78 is 5.16. The molecular weight excluding hydrogens is 226 g/mol. The molecule has 0 saturated carbocycles. The van der Waals surface area contributed by atoms with Crippen molar-refractivity contribution in [2.24, 2.45) is 5.92 Å². The Morgan fingerprint density at radius 2 is 2.31 bits per heavy atom. The minimum Gasteiger partial charge on any atom is -0.469 e. The Morgan fingerprint density at radius 1 is 1.56 bits per heavy atom. The van der Waals surface area contributed by atoms with Gasteiger partial charge >= 0.3 is 0 Å². The molecule has 4 heteroatoms. The Bertz CT molecular complexity index is 311. The zero-order chi connectivity index (χ0) is 12.0. The third-order valence-corrected chi connectivity index (χ3v) is 3.15. The number of alkyl halides is 1. The van der Waals surface area contributed by atoms with E-state index in [4.69, 9.17) is 16.0 Å². The van der Waals surface area contributed by atoms with Crippen LogP contribution < -0.4 is 5.32 Å². The Balaban J connectivity index is 2.25. The molecule has 2 unspecified atom stereocenters. The number of carbonyl (C=O) groups excluding carboxylic acids is 1. The lowest BCUT2D eigenvalue weighted by molar-refractivity contribution is -0.122. The van der Waals surface area contributed by atoms with E-state index in [1.807, 2.05) is 26.0 Å². The van der Waals surface area contributed by atoms with Gasteiger partial charge in [-0.3, -0.25) is 4.79 Å². The molecule has 1 aromatic heterocycles. The van der Waals surface area contributed by atoms with Crippen LogP contribution in [0.3, 0.4) is 0 Å². The predicted octanol–water partition coefficient (Wildman–Crippen LogP) is 2.59. The van der Waals surface area contributed by atoms with E-state index in [2.05, 4.69) is 5.32 Å². The molecule has 0 aliphatic rings. The van der Waals surface area contributed by atoms with Crippen molar-refractivity contribution in [3.63, 3.8) is 0 Å². The number of furan rings is 1. The molecule has 1 rings (SSSR count). The van der Waals surface area contributed by atoms with Crippen LogP contribution in [0.1, 0.15) is 26.0 Å². The highest BCUT2D eigenvalue weighted by atomic mass is 35.5. The maximum absolute atomic E-state index is 11.6. The van der Waals surface area contributed by atoms with Crippen LogP contribution in [-0.2, 0) is 11.2 Å². The Morgan fingerprint density at radius 3 is 2.88 bits per heavy atom. The summed E-state index contributed by atoms with van der Waals surface area (Å²) in [5.74, 6) is 1.72. The fourth-order valence-electron chi connectivity index (χ4n) is 1.29. The molecule has 3 nitrogen and oxygen atoms in total. The molecule has 90 valence electrons. The van der Waals surface area contributed by atoms with Crippen molar-refractivity contribution in [2.75, 3.05) is 5.88 Å². The number of nitrogens with one attached hydrogen (secondary N) is 1. The molecule has 0 aliphatic heterocycles. The fourth-order valence-corrected chi connectivity index (χ4v) is 1.56. The highest BCUT2D eigenvalue weighted by molar-refractivity contribution is 6.18. The van der Waals surface area contributed by atoms with E-state index in [9.17, 15) is 4.79 Å². The summed E-state index contributed by atoms with van der Waals surface area (Å²) in [6, 6.07) is 3.81. The SMILES string of the molecule is CC(CCl)C(C)NC(=O)CCc1ccco1. The summed E-state index contributed by atoms with van der Waals surface area (Å²) in [5, 5.41) is 2.93. The number of hydrogen-bond acceptors (Lipinski definition) is 2. The van der Waals surface area contributed by atoms with E-state index < -0.39 is 0 Å². The second kappa shape index (κ2) is 6.59. The van der Waals surface area contributed by atoms with Crippen LogP contribution in [0.25, 0.3) is 0 Å². The van der Waals surface area contributed by atoms with Crippen molar-refractivity contribution >= 4 is 17.5 Å². The normalized spacial score (nSPS) is 14.4. The van der Waals surface area contributed by atoms with Gasteiger partial charge in [-0.15, -0.1) is 11.6 Å². The summed E-state index contributed by atoms with van der Waals surface area (Å²) in [6.45, 7) is 3.99. The Labute approximate surface area is 101 Å². The van der Waals surface area contributed by atoms with Crippen LogP contribution in [-0.4, -0.2) is 17.8 Å². The summed E-state index contributed by atoms with van der Waals surface area (Å²) >= 11 is 5.72. The van der Waals surface area contributed by atoms with Crippen LogP contribution in [0.15, 0.2) is 22.8 Å². The van der Waals surface area contributed by atoms with Crippen molar-refractivity contribution in [1.29, 1.82) is 0 Å². The van der Waals surface area contributed by atoms with Crippen LogP contribution in [0.2, 0.25) is 0 Å². The molecule has 0 fully saturated rings. The monoisotopic (exact) mass is 243 g/mol. The van der Waals surface area contributed by atoms with Gasteiger partial charge in [0.15, 0.2) is 0 Å². The van der Waals surface area contributed by atoms with Crippen LogP contribution in [0.4, 0.5) is 0 Å². The standard InChI is InChI=1S/C12H18ClNO2/c1-9(8-13)10(2)14-12(15)6-5-11-4-3-7-16-11/h3-4,7,9-10H,5-6,8H2,1-2H3,(H,14,15). The third-order valence-electron chi connectivity index (χ3n) is 2.66. The molecule has 0 radical (unpaired) electrons. The largest absolute Gasteiger partial charge is 0.469 e. The minimum absolute atomic E-state index is 0.0425. The average molecular weight is 244 g/mol. The van der Waals surface area contributed by atoms with Gasteiger partial charge in [0.25, 0.3) is 0 Å². The molecular formula is C12H18ClNO2. The maximum atomic E-state index is 11.6. The zero-order valence-electron chi connectivity index (χ0n) is 9.70. The van der Waals surface area contributed by atoms with E-state index in [1.165, 1.54) is 0 Å². The molecule has 1 aromatic rings. The first-order valence-electron chi connectivity index (χ1n) is 5.51. The molecule has 0 aliphatic carbocycles. The number of carbonyl (C=O) groups is 1. The van der Waals surface area contributed by atoms with Crippen LogP contribution in [0, 0.1) is 5.92 Å². The lowest BCUT2D eigenvalue weighted by Crippen LogP contribution is -2.37. The molecule has 0 saturated heterocycles. The van der Waals surface area contributed by atoms with Gasteiger partial charge in [-0.05, 0) is 25.0 Å². The minimum atomic E-state index is 0.0425. The lowest BCUT2D eigenvalue weighted by atomic mass is 10.1. The van der Waals surface area contributed by atoms with E-state index in [-0.39, 0.29) is 17.9 Å². The molecule has 1 heterocycles. The van der Waals surface area contributed by atoms with E-state index >= 15 is 0 Å². The van der Waals surface area contributed by atoms with Crippen molar-refractivity contribution in [1.82, 2.24) is 5.32 Å². The first kappa shape index (κ1) is 13.1. The van der Waals surface area contributed by atoms with Gasteiger partial charge in [0.1, 0.15) is 5.76 Å². The molecule has 16 heavy (non-hydrogen) atoms. The number of rotatable bonds is 6. The number of halogens is 1. The van der Waals surface area contributed by atoms with Gasteiger partial charge in [-0.25, -0.2) is 0 Å². The van der Waals surface area contributed by atoms with Crippen molar-refractivity contribution in [2.45, 2.75) is 32.7 Å². The van der Waals surface area contributed by atoms with Gasteiger partial charge in [0.05, 0.1) is 6.26 Å². The molecule has 1 N–H and O–H groups in total.